The summed E-state index contributed by atoms with van der Waals surface area (Å²) in [6.45, 7) is 7.48. The van der Waals surface area contributed by atoms with Gasteiger partial charge in [0, 0.05) is 18.7 Å². The molecule has 0 amide bonds. The minimum Gasteiger partial charge on any atom is -0.492 e. The molecule has 0 N–H and O–H groups in total. The van der Waals surface area contributed by atoms with E-state index in [1.807, 2.05) is 13.0 Å². The fourth-order valence-electron chi connectivity index (χ4n) is 3.16. The lowest BCUT2D eigenvalue weighted by molar-refractivity contribution is 0.106. The highest BCUT2D eigenvalue weighted by Crippen LogP contribution is 2.27. The van der Waals surface area contributed by atoms with Crippen LogP contribution in [0.3, 0.4) is 0 Å². The monoisotopic (exact) mass is 314 g/mol. The van der Waals surface area contributed by atoms with Gasteiger partial charge in [-0.25, -0.2) is 0 Å². The first-order valence-corrected chi connectivity index (χ1v) is 8.17. The second-order valence-electron chi connectivity index (χ2n) is 6.76. The Morgan fingerprint density at radius 1 is 1.17 bits per heavy atom. The number of furan rings is 1. The highest BCUT2D eigenvalue weighted by Gasteiger charge is 2.26. The summed E-state index contributed by atoms with van der Waals surface area (Å²) in [4.78, 5) is 4.68. The summed E-state index contributed by atoms with van der Waals surface area (Å²) >= 11 is 0. The van der Waals surface area contributed by atoms with Crippen molar-refractivity contribution >= 4 is 0 Å². The molecule has 1 aromatic carbocycles. The Kier molecular flexibility index (Phi) is 4.74. The zero-order valence-electron chi connectivity index (χ0n) is 14.5. The molecule has 1 aromatic heterocycles. The molecular formula is C19H26N2O2. The van der Waals surface area contributed by atoms with Crippen LogP contribution in [-0.2, 0) is 13.1 Å². The van der Waals surface area contributed by atoms with Gasteiger partial charge in [-0.05, 0) is 46.1 Å². The smallest absolute Gasteiger partial charge is 0.123 e. The number of hydrogen-bond acceptors (Lipinski definition) is 4. The Hall–Kier alpha value is -1.78. The lowest BCUT2D eigenvalue weighted by Crippen LogP contribution is -2.43. The molecule has 1 unspecified atom stereocenters. The number of fused-ring (bicyclic) bond motifs is 1. The van der Waals surface area contributed by atoms with Crippen LogP contribution >= 0.6 is 0 Å². The summed E-state index contributed by atoms with van der Waals surface area (Å²) in [7, 11) is 4.22. The van der Waals surface area contributed by atoms with Crippen LogP contribution < -0.4 is 4.74 Å². The first kappa shape index (κ1) is 16.1. The van der Waals surface area contributed by atoms with E-state index in [1.165, 1.54) is 11.1 Å². The fourth-order valence-corrected chi connectivity index (χ4v) is 3.16. The van der Waals surface area contributed by atoms with Crippen molar-refractivity contribution in [3.05, 3.63) is 53.0 Å². The first-order valence-electron chi connectivity index (χ1n) is 8.17. The molecule has 0 spiro atoms. The van der Waals surface area contributed by atoms with Gasteiger partial charge in [-0.1, -0.05) is 17.7 Å². The number of aryl methyl sites for hydroxylation is 2. The van der Waals surface area contributed by atoms with Crippen molar-refractivity contribution in [2.45, 2.75) is 33.0 Å². The Labute approximate surface area is 138 Å². The summed E-state index contributed by atoms with van der Waals surface area (Å²) in [6, 6.07) is 10.9. The molecule has 0 aliphatic carbocycles. The summed E-state index contributed by atoms with van der Waals surface area (Å²) in [5, 5.41) is 0. The molecule has 0 radical (unpaired) electrons. The lowest BCUT2D eigenvalue weighted by Gasteiger charge is -2.30. The molecule has 1 aliphatic rings. The van der Waals surface area contributed by atoms with Crippen LogP contribution in [0.5, 0.6) is 5.75 Å². The molecule has 0 saturated carbocycles. The Balaban J connectivity index is 1.86. The van der Waals surface area contributed by atoms with Crippen molar-refractivity contribution < 1.29 is 9.15 Å². The van der Waals surface area contributed by atoms with Crippen molar-refractivity contribution in [3.63, 3.8) is 0 Å². The van der Waals surface area contributed by atoms with E-state index in [-0.39, 0.29) is 0 Å². The number of likely N-dealkylation sites (N-methyl/N-ethyl adjacent to an activating group) is 1. The minimum absolute atomic E-state index is 0.336. The number of nitrogens with zero attached hydrogens (tertiary/aromatic N) is 2. The fraction of sp³-hybridized carbons (Fsp3) is 0.474. The summed E-state index contributed by atoms with van der Waals surface area (Å²) < 4.78 is 11.9. The highest BCUT2D eigenvalue weighted by atomic mass is 16.5. The van der Waals surface area contributed by atoms with E-state index in [4.69, 9.17) is 9.15 Å². The maximum atomic E-state index is 6.09. The molecule has 0 saturated heterocycles. The quantitative estimate of drug-likeness (QED) is 0.866. The van der Waals surface area contributed by atoms with Gasteiger partial charge in [0.25, 0.3) is 0 Å². The van der Waals surface area contributed by atoms with Gasteiger partial charge in [-0.15, -0.1) is 0 Å². The van der Waals surface area contributed by atoms with E-state index in [9.17, 15) is 0 Å². The van der Waals surface area contributed by atoms with E-state index in [2.05, 4.69) is 55.1 Å². The second kappa shape index (κ2) is 6.77. The standard InChI is InChI=1S/C19H26N2O2/c1-14-5-8-19-16(9-14)10-21(12-18-7-6-15(2)23-18)17(13-22-19)11-20(3)4/h5-9,17H,10-13H2,1-4H3. The number of benzene rings is 1. The van der Waals surface area contributed by atoms with Gasteiger partial charge in [-0.3, -0.25) is 4.90 Å². The van der Waals surface area contributed by atoms with Crippen molar-refractivity contribution in [2.75, 3.05) is 27.2 Å². The molecule has 2 heterocycles. The molecule has 0 bridgehead atoms. The highest BCUT2D eigenvalue weighted by molar-refractivity contribution is 5.37. The normalized spacial score (nSPS) is 18.6. The SMILES string of the molecule is Cc1ccc2c(c1)CN(Cc1ccc(C)o1)C(CN(C)C)CO2. The van der Waals surface area contributed by atoms with Crippen molar-refractivity contribution in [2.24, 2.45) is 0 Å². The van der Waals surface area contributed by atoms with Crippen LogP contribution in [-0.4, -0.2) is 43.1 Å². The van der Waals surface area contributed by atoms with Crippen molar-refractivity contribution in [1.29, 1.82) is 0 Å². The zero-order chi connectivity index (χ0) is 16.4. The van der Waals surface area contributed by atoms with Gasteiger partial charge < -0.3 is 14.1 Å². The molecule has 124 valence electrons. The van der Waals surface area contributed by atoms with E-state index in [1.54, 1.807) is 0 Å². The molecule has 1 atom stereocenters. The average molecular weight is 314 g/mol. The predicted octanol–water partition coefficient (Wildman–Crippen LogP) is 3.22. The molecule has 4 nitrogen and oxygen atoms in total. The predicted molar refractivity (Wildman–Crippen MR) is 91.7 cm³/mol. The van der Waals surface area contributed by atoms with E-state index in [0.29, 0.717) is 12.6 Å². The Morgan fingerprint density at radius 2 is 2.00 bits per heavy atom. The molecule has 1 aliphatic heterocycles. The largest absolute Gasteiger partial charge is 0.492 e. The molecule has 2 aromatic rings. The second-order valence-corrected chi connectivity index (χ2v) is 6.76. The molecule has 4 heteroatoms. The maximum Gasteiger partial charge on any atom is 0.123 e. The van der Waals surface area contributed by atoms with E-state index >= 15 is 0 Å². The van der Waals surface area contributed by atoms with Gasteiger partial charge in [0.05, 0.1) is 12.6 Å². The summed E-state index contributed by atoms with van der Waals surface area (Å²) in [5.74, 6) is 2.99. The van der Waals surface area contributed by atoms with Crippen LogP contribution in [0, 0.1) is 13.8 Å². The van der Waals surface area contributed by atoms with Crippen LogP contribution in [0.2, 0.25) is 0 Å². The van der Waals surface area contributed by atoms with Crippen molar-refractivity contribution in [3.8, 4) is 5.75 Å². The van der Waals surface area contributed by atoms with Gasteiger partial charge in [0.1, 0.15) is 23.9 Å². The summed E-state index contributed by atoms with van der Waals surface area (Å²) in [6.07, 6.45) is 0. The first-order chi connectivity index (χ1) is 11.0. The van der Waals surface area contributed by atoms with E-state index < -0.39 is 0 Å². The minimum atomic E-state index is 0.336. The van der Waals surface area contributed by atoms with Crippen LogP contribution in [0.4, 0.5) is 0 Å². The topological polar surface area (TPSA) is 28.9 Å². The Morgan fingerprint density at radius 3 is 2.70 bits per heavy atom. The van der Waals surface area contributed by atoms with Gasteiger partial charge in [-0.2, -0.15) is 0 Å². The molecule has 3 rings (SSSR count). The van der Waals surface area contributed by atoms with Gasteiger partial charge in [0.2, 0.25) is 0 Å². The third kappa shape index (κ3) is 3.95. The molecule has 23 heavy (non-hydrogen) atoms. The van der Waals surface area contributed by atoms with Gasteiger partial charge in [0.15, 0.2) is 0 Å². The lowest BCUT2D eigenvalue weighted by atomic mass is 10.1. The number of ether oxygens (including phenoxy) is 1. The number of rotatable bonds is 4. The third-order valence-corrected chi connectivity index (χ3v) is 4.27. The van der Waals surface area contributed by atoms with Crippen LogP contribution in [0.15, 0.2) is 34.7 Å². The summed E-state index contributed by atoms with van der Waals surface area (Å²) in [5.41, 5.74) is 2.53. The third-order valence-electron chi connectivity index (χ3n) is 4.27. The average Bonchev–Trinajstić information content (AvgIpc) is 2.81. The van der Waals surface area contributed by atoms with Crippen LogP contribution in [0.1, 0.15) is 22.6 Å². The van der Waals surface area contributed by atoms with Gasteiger partial charge >= 0.3 is 0 Å². The Bertz CT molecular complexity index is 663. The van der Waals surface area contributed by atoms with Crippen LogP contribution in [0.25, 0.3) is 0 Å². The molecule has 0 fully saturated rings. The van der Waals surface area contributed by atoms with Crippen molar-refractivity contribution in [1.82, 2.24) is 9.80 Å². The number of hydrogen-bond donors (Lipinski definition) is 0. The zero-order valence-corrected chi connectivity index (χ0v) is 14.5. The molecular weight excluding hydrogens is 288 g/mol. The maximum absolute atomic E-state index is 6.09. The van der Waals surface area contributed by atoms with E-state index in [0.717, 1.165) is 36.9 Å².